The average Bonchev–Trinajstić information content (AvgIpc) is 2.37. The number of hydrogen-bond acceptors (Lipinski definition) is 5. The molecule has 7 heteroatoms. The maximum Gasteiger partial charge on any atom is 0.162 e. The van der Waals surface area contributed by atoms with Crippen LogP contribution in [-0.4, -0.2) is 32.0 Å². The van der Waals surface area contributed by atoms with Crippen molar-refractivity contribution < 1.29 is 38.2 Å². The van der Waals surface area contributed by atoms with Crippen LogP contribution in [0.25, 0.3) is 6.08 Å². The second-order valence-corrected chi connectivity index (χ2v) is 4.76. The minimum absolute atomic E-state index is 0.883. The molecule has 116 valence electrons. The number of rotatable bonds is 4. The third kappa shape index (κ3) is 14.5. The average molecular weight is 316 g/mol. The van der Waals surface area contributed by atoms with Crippen LogP contribution in [0.4, 0.5) is 0 Å². The predicted octanol–water partition coefficient (Wildman–Crippen LogP) is -2.15. The zero-order valence-corrected chi connectivity index (χ0v) is 12.8. The lowest BCUT2D eigenvalue weighted by Gasteiger charge is -2.17. The van der Waals surface area contributed by atoms with Crippen LogP contribution in [0, 0.1) is 10.2 Å². The van der Waals surface area contributed by atoms with E-state index in [1.54, 1.807) is 7.11 Å². The summed E-state index contributed by atoms with van der Waals surface area (Å²) in [6.45, 7) is 0. The van der Waals surface area contributed by atoms with Gasteiger partial charge in [-0.3, -0.25) is 0 Å². The zero-order chi connectivity index (χ0) is 16.3. The van der Waals surface area contributed by atoms with E-state index in [4.69, 9.17) is 23.4 Å². The molecule has 0 aliphatic carbocycles. The molecule has 1 rings (SSSR count). The minimum atomic E-state index is -4.94. The number of nitrogens with zero attached hydrogens (tertiary/aromatic N) is 1. The quantitative estimate of drug-likeness (QED) is 0.358. The third-order valence-corrected chi connectivity index (χ3v) is 2.01. The van der Waals surface area contributed by atoms with Crippen LogP contribution in [0.1, 0.15) is 5.56 Å². The first-order chi connectivity index (χ1) is 9.72. The molecular weight excluding hydrogens is 298 g/mol. The topological polar surface area (TPSA) is 104 Å². The van der Waals surface area contributed by atoms with Crippen LogP contribution in [0.15, 0.2) is 42.5 Å². The van der Waals surface area contributed by atoms with Crippen molar-refractivity contribution in [3.8, 4) is 5.75 Å². The van der Waals surface area contributed by atoms with Crippen molar-refractivity contribution in [1.29, 1.82) is 0 Å². The Morgan fingerprint density at radius 1 is 0.952 bits per heavy atom. The van der Waals surface area contributed by atoms with Crippen molar-refractivity contribution in [1.82, 2.24) is 0 Å². The summed E-state index contributed by atoms with van der Waals surface area (Å²) in [6.07, 6.45) is 10.1. The highest BCUT2D eigenvalue weighted by molar-refractivity contribution is 5.67. The Labute approximate surface area is 126 Å². The van der Waals surface area contributed by atoms with Gasteiger partial charge in [0.1, 0.15) is 19.8 Å². The molecule has 0 fully saturated rings. The summed E-state index contributed by atoms with van der Waals surface area (Å²) in [4.78, 5) is 0. The molecule has 0 N–H and O–H groups in total. The summed E-state index contributed by atoms with van der Waals surface area (Å²) in [5.41, 5.74) is 1.16. The van der Waals surface area contributed by atoms with E-state index >= 15 is 0 Å². The van der Waals surface area contributed by atoms with Gasteiger partial charge in [0.2, 0.25) is 0 Å². The Morgan fingerprint density at radius 3 is 1.90 bits per heavy atom. The van der Waals surface area contributed by atoms with E-state index < -0.39 is 10.2 Å². The van der Waals surface area contributed by atoms with Crippen LogP contribution < -0.4 is 23.4 Å². The summed E-state index contributed by atoms with van der Waals surface area (Å²) in [5, 5.41) is 0. The van der Waals surface area contributed by atoms with Gasteiger partial charge >= 0.3 is 0 Å². The first-order valence-corrected chi connectivity index (χ1v) is 7.06. The van der Waals surface area contributed by atoms with Gasteiger partial charge in [-0.2, -0.15) is 0 Å². The van der Waals surface area contributed by atoms with E-state index in [0.29, 0.717) is 0 Å². The number of allylic oxidation sites excluding steroid dienone is 3. The predicted molar refractivity (Wildman–Crippen MR) is 69.3 cm³/mol. The normalized spacial score (nSPS) is 11.2. The van der Waals surface area contributed by atoms with Gasteiger partial charge in [0, 0.05) is 6.08 Å². The van der Waals surface area contributed by atoms with Gasteiger partial charge in [-0.1, -0.05) is 30.4 Å². The first-order valence-electron chi connectivity index (χ1n) is 5.83. The molecule has 0 radical (unpaired) electrons. The summed E-state index contributed by atoms with van der Waals surface area (Å²) in [7, 11) is 0.722. The molecule has 21 heavy (non-hydrogen) atoms. The molecule has 0 spiro atoms. The zero-order valence-electron chi connectivity index (χ0n) is 12.1. The largest absolute Gasteiger partial charge is 0.497 e. The number of methoxy groups -OCH3 is 1. The van der Waals surface area contributed by atoms with Crippen LogP contribution in [0.3, 0.4) is 0 Å². The SMILES string of the molecule is COc1ccc(/C=C/C=C/C=[N+](C)C)cc1.[O-][Cl+3]([O-])([O-])[O-]. The fraction of sp³-hybridized carbons (Fsp3) is 0.214. The molecule has 0 aliphatic heterocycles. The van der Waals surface area contributed by atoms with Gasteiger partial charge in [0.05, 0.1) is 7.11 Å². The fourth-order valence-electron chi connectivity index (χ4n) is 1.17. The second-order valence-electron chi connectivity index (χ2n) is 4.01. The van der Waals surface area contributed by atoms with E-state index in [2.05, 4.69) is 6.08 Å². The molecule has 0 saturated carbocycles. The number of benzene rings is 1. The van der Waals surface area contributed by atoms with Crippen LogP contribution in [0.2, 0.25) is 0 Å². The lowest BCUT2D eigenvalue weighted by molar-refractivity contribution is -2.00. The monoisotopic (exact) mass is 315 g/mol. The molecule has 6 nitrogen and oxygen atoms in total. The molecule has 1 aromatic rings. The summed E-state index contributed by atoms with van der Waals surface area (Å²) >= 11 is 0. The Hall–Kier alpha value is -1.70. The molecule has 0 atom stereocenters. The molecule has 0 amide bonds. The van der Waals surface area contributed by atoms with Gasteiger partial charge in [-0.15, -0.1) is 10.2 Å². The molecular formula is C14H18ClNO5. The van der Waals surface area contributed by atoms with E-state index in [-0.39, 0.29) is 0 Å². The van der Waals surface area contributed by atoms with Crippen LogP contribution in [-0.2, 0) is 0 Å². The summed E-state index contributed by atoms with van der Waals surface area (Å²) in [5.74, 6) is 0.883. The second kappa shape index (κ2) is 10.1. The van der Waals surface area contributed by atoms with E-state index in [0.717, 1.165) is 11.3 Å². The van der Waals surface area contributed by atoms with Gasteiger partial charge in [-0.25, -0.2) is 23.2 Å². The highest BCUT2D eigenvalue weighted by Gasteiger charge is 1.88. The Morgan fingerprint density at radius 2 is 1.48 bits per heavy atom. The highest BCUT2D eigenvalue weighted by Crippen LogP contribution is 2.12. The van der Waals surface area contributed by atoms with Crippen molar-refractivity contribution in [2.45, 2.75) is 0 Å². The summed E-state index contributed by atoms with van der Waals surface area (Å²) in [6, 6.07) is 7.96. The van der Waals surface area contributed by atoms with Gasteiger partial charge < -0.3 is 4.74 Å². The lowest BCUT2D eigenvalue weighted by Crippen LogP contribution is -2.68. The van der Waals surface area contributed by atoms with Gasteiger partial charge in [0.25, 0.3) is 0 Å². The van der Waals surface area contributed by atoms with E-state index in [1.165, 1.54) is 0 Å². The van der Waals surface area contributed by atoms with Crippen LogP contribution >= 0.6 is 0 Å². The smallest absolute Gasteiger partial charge is 0.162 e. The molecule has 0 heterocycles. The Kier molecular flexibility index (Phi) is 9.27. The number of ether oxygens (including phenoxy) is 1. The minimum Gasteiger partial charge on any atom is -0.497 e. The van der Waals surface area contributed by atoms with Gasteiger partial charge in [-0.05, 0) is 17.7 Å². The Balaban J connectivity index is 0.000000690. The lowest BCUT2D eigenvalue weighted by atomic mass is 10.2. The number of hydrogen-bond donors (Lipinski definition) is 0. The van der Waals surface area contributed by atoms with Crippen LogP contribution in [0.5, 0.6) is 5.75 Å². The molecule has 1 aromatic carbocycles. The van der Waals surface area contributed by atoms with Crippen molar-refractivity contribution in [3.63, 3.8) is 0 Å². The van der Waals surface area contributed by atoms with Crippen molar-refractivity contribution in [2.24, 2.45) is 0 Å². The molecule has 0 aromatic heterocycles. The van der Waals surface area contributed by atoms with E-state index in [9.17, 15) is 0 Å². The standard InChI is InChI=1S/C14H18NO.ClHO4/c1-15(2)12-6-4-5-7-13-8-10-14(16-3)11-9-13;2-1(3,4)5/h4-12H,1-3H3;(H,2,3,4,5)/q+1;/p-1/b6-4+,7-5+;. The molecule has 0 bridgehead atoms. The highest BCUT2D eigenvalue weighted by atomic mass is 35.7. The first kappa shape index (κ1) is 19.3. The van der Waals surface area contributed by atoms with Crippen molar-refractivity contribution >= 4 is 12.3 Å². The summed E-state index contributed by atoms with van der Waals surface area (Å²) < 4.78 is 41.1. The maximum atomic E-state index is 8.49. The van der Waals surface area contributed by atoms with Crippen molar-refractivity contribution in [2.75, 3.05) is 21.2 Å². The number of halogens is 1. The van der Waals surface area contributed by atoms with Crippen molar-refractivity contribution in [3.05, 3.63) is 48.1 Å². The van der Waals surface area contributed by atoms with E-state index in [1.807, 2.05) is 67.4 Å². The molecule has 0 aliphatic rings. The molecule has 0 unspecified atom stereocenters. The van der Waals surface area contributed by atoms with Gasteiger partial charge in [0.15, 0.2) is 6.21 Å². The Bertz CT molecular complexity index is 479. The maximum absolute atomic E-state index is 8.49. The fourth-order valence-corrected chi connectivity index (χ4v) is 1.17. The molecule has 0 saturated heterocycles. The third-order valence-electron chi connectivity index (χ3n) is 2.01.